The second-order valence-corrected chi connectivity index (χ2v) is 4.30. The van der Waals surface area contributed by atoms with Crippen molar-refractivity contribution in [3.8, 4) is 11.1 Å². The second-order valence-electron chi connectivity index (χ2n) is 4.30. The molecule has 0 N–H and O–H groups in total. The summed E-state index contributed by atoms with van der Waals surface area (Å²) in [5.74, 6) is 0. The molecule has 1 aliphatic carbocycles. The Kier molecular flexibility index (Phi) is 2.25. The fraction of sp³-hybridized carbons (Fsp3) is 0.214. The Morgan fingerprint density at radius 2 is 2.12 bits per heavy atom. The Morgan fingerprint density at radius 1 is 1.24 bits per heavy atom. The second kappa shape index (κ2) is 3.77. The van der Waals surface area contributed by atoms with Gasteiger partial charge in [-0.25, -0.2) is 0 Å². The topological polar surface area (TPSA) is 39.4 Å². The van der Waals surface area contributed by atoms with Crippen LogP contribution in [0.15, 0.2) is 47.3 Å². The predicted molar refractivity (Wildman–Crippen MR) is 62.2 cm³/mol. The van der Waals surface area contributed by atoms with Crippen molar-refractivity contribution in [2.75, 3.05) is 0 Å². The average Bonchev–Trinajstić information content (AvgIpc) is 2.94. The van der Waals surface area contributed by atoms with Crippen LogP contribution >= 0.6 is 0 Å². The first-order valence-corrected chi connectivity index (χ1v) is 5.59. The molecule has 1 fully saturated rings. The number of carbonyl (C=O) groups is 1. The highest BCUT2D eigenvalue weighted by atomic mass is 16.5. The van der Waals surface area contributed by atoms with Crippen LogP contribution in [0.3, 0.4) is 0 Å². The molecule has 0 amide bonds. The Bertz CT molecular complexity index is 524. The molecule has 1 aromatic carbocycles. The lowest BCUT2D eigenvalue weighted by Crippen LogP contribution is -2.10. The van der Waals surface area contributed by atoms with Crippen molar-refractivity contribution in [3.63, 3.8) is 0 Å². The summed E-state index contributed by atoms with van der Waals surface area (Å²) in [6.45, 7) is 0.539. The van der Waals surface area contributed by atoms with E-state index in [1.807, 2.05) is 24.3 Å². The molecule has 1 saturated carbocycles. The van der Waals surface area contributed by atoms with Crippen LogP contribution in [-0.4, -0.2) is 6.47 Å². The zero-order valence-corrected chi connectivity index (χ0v) is 9.26. The average molecular weight is 228 g/mol. The minimum absolute atomic E-state index is 0.374. The van der Waals surface area contributed by atoms with Gasteiger partial charge >= 0.3 is 0 Å². The third-order valence-corrected chi connectivity index (χ3v) is 3.22. The van der Waals surface area contributed by atoms with E-state index in [-0.39, 0.29) is 5.60 Å². The Morgan fingerprint density at radius 3 is 2.76 bits per heavy atom. The Balaban J connectivity index is 1.97. The van der Waals surface area contributed by atoms with Gasteiger partial charge < -0.3 is 9.15 Å². The summed E-state index contributed by atoms with van der Waals surface area (Å²) in [5.41, 5.74) is 2.80. The highest BCUT2D eigenvalue weighted by molar-refractivity contribution is 5.63. The molecular weight excluding hydrogens is 216 g/mol. The van der Waals surface area contributed by atoms with Crippen LogP contribution in [0.5, 0.6) is 0 Å². The van der Waals surface area contributed by atoms with Gasteiger partial charge in [0.05, 0.1) is 12.5 Å². The summed E-state index contributed by atoms with van der Waals surface area (Å²) in [4.78, 5) is 10.5. The first-order chi connectivity index (χ1) is 8.34. The van der Waals surface area contributed by atoms with E-state index < -0.39 is 0 Å². The number of rotatable bonds is 4. The molecule has 0 aliphatic heterocycles. The maximum absolute atomic E-state index is 10.5. The molecule has 3 rings (SSSR count). The minimum Gasteiger partial charge on any atom is -0.472 e. The highest BCUT2D eigenvalue weighted by Crippen LogP contribution is 2.49. The molecule has 0 bridgehead atoms. The lowest BCUT2D eigenvalue weighted by molar-refractivity contribution is -0.136. The summed E-state index contributed by atoms with van der Waals surface area (Å²) in [6.07, 6.45) is 5.16. The normalized spacial score (nSPS) is 16.5. The fourth-order valence-corrected chi connectivity index (χ4v) is 2.09. The van der Waals surface area contributed by atoms with E-state index in [0.29, 0.717) is 6.47 Å². The summed E-state index contributed by atoms with van der Waals surface area (Å²) in [7, 11) is 0. The Labute approximate surface area is 99.0 Å². The molecule has 3 heteroatoms. The van der Waals surface area contributed by atoms with Crippen molar-refractivity contribution in [2.24, 2.45) is 0 Å². The molecule has 2 aromatic rings. The van der Waals surface area contributed by atoms with Gasteiger partial charge in [-0.1, -0.05) is 18.2 Å². The van der Waals surface area contributed by atoms with Crippen molar-refractivity contribution in [2.45, 2.75) is 18.4 Å². The van der Waals surface area contributed by atoms with Gasteiger partial charge in [0.15, 0.2) is 0 Å². The van der Waals surface area contributed by atoms with Crippen LogP contribution in [0.1, 0.15) is 18.4 Å². The monoisotopic (exact) mass is 228 g/mol. The predicted octanol–water partition coefficient (Wildman–Crippen LogP) is 3.11. The first-order valence-electron chi connectivity index (χ1n) is 5.59. The van der Waals surface area contributed by atoms with E-state index >= 15 is 0 Å². The number of hydrogen-bond acceptors (Lipinski definition) is 3. The van der Waals surface area contributed by atoms with Gasteiger partial charge in [-0.15, -0.1) is 0 Å². The summed E-state index contributed by atoms with van der Waals surface area (Å²) >= 11 is 0. The third-order valence-electron chi connectivity index (χ3n) is 3.22. The van der Waals surface area contributed by atoms with Crippen LogP contribution < -0.4 is 0 Å². The summed E-state index contributed by atoms with van der Waals surface area (Å²) in [5, 5.41) is 0. The maximum atomic E-state index is 10.5. The van der Waals surface area contributed by atoms with E-state index in [0.717, 1.165) is 29.5 Å². The molecule has 0 radical (unpaired) electrons. The molecule has 0 saturated heterocycles. The van der Waals surface area contributed by atoms with Crippen LogP contribution in [-0.2, 0) is 15.1 Å². The largest absolute Gasteiger partial charge is 0.472 e. The van der Waals surface area contributed by atoms with Gasteiger partial charge in [-0.2, -0.15) is 0 Å². The molecule has 0 unspecified atom stereocenters. The van der Waals surface area contributed by atoms with E-state index in [9.17, 15) is 4.79 Å². The van der Waals surface area contributed by atoms with Gasteiger partial charge in [-0.3, -0.25) is 4.79 Å². The van der Waals surface area contributed by atoms with Crippen molar-refractivity contribution in [3.05, 3.63) is 48.4 Å². The zero-order chi connectivity index (χ0) is 11.7. The highest BCUT2D eigenvalue weighted by Gasteiger charge is 2.47. The van der Waals surface area contributed by atoms with E-state index in [1.165, 1.54) is 0 Å². The Hall–Kier alpha value is -2.03. The third kappa shape index (κ3) is 1.73. The molecule has 1 heterocycles. The SMILES string of the molecule is O=COC1(c2cccc(-c3ccoc3)c2)CC1. The number of ether oxygens (including phenoxy) is 1. The first kappa shape index (κ1) is 10.1. The van der Waals surface area contributed by atoms with Crippen LogP contribution in [0.2, 0.25) is 0 Å². The number of benzene rings is 1. The van der Waals surface area contributed by atoms with Crippen molar-refractivity contribution in [1.29, 1.82) is 0 Å². The molecule has 86 valence electrons. The molecule has 17 heavy (non-hydrogen) atoms. The lowest BCUT2D eigenvalue weighted by atomic mass is 10.0. The lowest BCUT2D eigenvalue weighted by Gasteiger charge is -2.14. The van der Waals surface area contributed by atoms with Gasteiger partial charge in [0, 0.05) is 5.56 Å². The zero-order valence-electron chi connectivity index (χ0n) is 9.26. The van der Waals surface area contributed by atoms with Crippen molar-refractivity contribution in [1.82, 2.24) is 0 Å². The fourth-order valence-electron chi connectivity index (χ4n) is 2.09. The van der Waals surface area contributed by atoms with E-state index in [2.05, 4.69) is 6.07 Å². The summed E-state index contributed by atoms with van der Waals surface area (Å²) < 4.78 is 10.3. The van der Waals surface area contributed by atoms with Crippen LogP contribution in [0.25, 0.3) is 11.1 Å². The summed E-state index contributed by atoms with van der Waals surface area (Å²) in [6, 6.07) is 9.97. The van der Waals surface area contributed by atoms with Crippen molar-refractivity contribution < 1.29 is 13.9 Å². The van der Waals surface area contributed by atoms with Crippen molar-refractivity contribution >= 4 is 6.47 Å². The number of carbonyl (C=O) groups excluding carboxylic acids is 1. The van der Waals surface area contributed by atoms with Gasteiger partial charge in [0.1, 0.15) is 5.60 Å². The molecule has 1 aromatic heterocycles. The smallest absolute Gasteiger partial charge is 0.293 e. The van der Waals surface area contributed by atoms with E-state index in [1.54, 1.807) is 12.5 Å². The van der Waals surface area contributed by atoms with Gasteiger partial charge in [0.25, 0.3) is 6.47 Å². The number of furan rings is 1. The molecular formula is C14H12O3. The molecule has 3 nitrogen and oxygen atoms in total. The molecule has 1 aliphatic rings. The maximum Gasteiger partial charge on any atom is 0.293 e. The van der Waals surface area contributed by atoms with Gasteiger partial charge in [0.2, 0.25) is 0 Å². The van der Waals surface area contributed by atoms with Gasteiger partial charge in [-0.05, 0) is 36.1 Å². The molecule has 0 spiro atoms. The minimum atomic E-state index is -0.374. The molecule has 0 atom stereocenters. The quantitative estimate of drug-likeness (QED) is 0.755. The number of hydrogen-bond donors (Lipinski definition) is 0. The van der Waals surface area contributed by atoms with Crippen LogP contribution in [0.4, 0.5) is 0 Å². The van der Waals surface area contributed by atoms with Crippen LogP contribution in [0, 0.1) is 0 Å². The van der Waals surface area contributed by atoms with E-state index in [4.69, 9.17) is 9.15 Å². The standard InChI is InChI=1S/C14H12O3/c15-10-17-14(5-6-14)13-3-1-2-11(8-13)12-4-7-16-9-12/h1-4,7-10H,5-6H2.